The number of aromatic nitrogens is 4. The van der Waals surface area contributed by atoms with Crippen LogP contribution in [0.15, 0.2) is 47.2 Å². The van der Waals surface area contributed by atoms with Gasteiger partial charge in [0.05, 0.1) is 11.0 Å². The molecule has 1 aromatic carbocycles. The molecule has 0 saturated carbocycles. The highest BCUT2D eigenvalue weighted by Crippen LogP contribution is 2.16. The van der Waals surface area contributed by atoms with Crippen LogP contribution in [0.4, 0.5) is 5.82 Å². The van der Waals surface area contributed by atoms with Crippen LogP contribution in [0.25, 0.3) is 0 Å². The second-order valence-corrected chi connectivity index (χ2v) is 6.13. The summed E-state index contributed by atoms with van der Waals surface area (Å²) < 4.78 is 4.03. The Labute approximate surface area is 142 Å². The van der Waals surface area contributed by atoms with Gasteiger partial charge in [-0.15, -0.1) is 0 Å². The minimum Gasteiger partial charge on any atom is -0.304 e. The SMILES string of the molecule is Cc1ccccc1Cn1ccc(NC(=O)c2nn(C)cc2Br)n1. The molecular formula is C16H16BrN5O. The molecule has 3 aromatic rings. The van der Waals surface area contributed by atoms with E-state index in [9.17, 15) is 4.79 Å². The molecule has 0 spiro atoms. The van der Waals surface area contributed by atoms with Gasteiger partial charge in [0.1, 0.15) is 0 Å². The second kappa shape index (κ2) is 6.37. The van der Waals surface area contributed by atoms with Crippen molar-refractivity contribution in [2.75, 3.05) is 5.32 Å². The standard InChI is InChI=1S/C16H16BrN5O/c1-11-5-3-4-6-12(11)9-22-8-7-14(19-22)18-16(23)15-13(17)10-21(2)20-15/h3-8,10H,9H2,1-2H3,(H,18,19,23). The first-order valence-corrected chi connectivity index (χ1v) is 7.90. The lowest BCUT2D eigenvalue weighted by atomic mass is 10.1. The molecule has 3 rings (SSSR count). The number of nitrogens with zero attached hydrogens (tertiary/aromatic N) is 4. The number of hydrogen-bond acceptors (Lipinski definition) is 3. The molecule has 0 saturated heterocycles. The normalized spacial score (nSPS) is 10.7. The summed E-state index contributed by atoms with van der Waals surface area (Å²) in [6.45, 7) is 2.73. The molecule has 0 unspecified atom stereocenters. The highest BCUT2D eigenvalue weighted by Gasteiger charge is 2.15. The predicted molar refractivity (Wildman–Crippen MR) is 91.4 cm³/mol. The van der Waals surface area contributed by atoms with E-state index in [4.69, 9.17) is 0 Å². The summed E-state index contributed by atoms with van der Waals surface area (Å²) in [5.41, 5.74) is 2.74. The van der Waals surface area contributed by atoms with Gasteiger partial charge in [0.15, 0.2) is 11.5 Å². The summed E-state index contributed by atoms with van der Waals surface area (Å²) >= 11 is 3.32. The van der Waals surface area contributed by atoms with Crippen molar-refractivity contribution < 1.29 is 4.79 Å². The molecule has 0 bridgehead atoms. The fourth-order valence-electron chi connectivity index (χ4n) is 2.27. The fraction of sp³-hybridized carbons (Fsp3) is 0.188. The predicted octanol–water partition coefficient (Wildman–Crippen LogP) is 2.99. The Morgan fingerprint density at radius 2 is 2.04 bits per heavy atom. The zero-order valence-electron chi connectivity index (χ0n) is 12.8. The van der Waals surface area contributed by atoms with E-state index in [1.165, 1.54) is 11.1 Å². The van der Waals surface area contributed by atoms with Gasteiger partial charge < -0.3 is 5.32 Å². The van der Waals surface area contributed by atoms with E-state index >= 15 is 0 Å². The highest BCUT2D eigenvalue weighted by molar-refractivity contribution is 9.10. The Kier molecular flexibility index (Phi) is 4.29. The monoisotopic (exact) mass is 373 g/mol. The molecule has 1 N–H and O–H groups in total. The Bertz CT molecular complexity index is 852. The fourth-order valence-corrected chi connectivity index (χ4v) is 2.82. The zero-order chi connectivity index (χ0) is 16.4. The molecule has 1 amide bonds. The van der Waals surface area contributed by atoms with Crippen LogP contribution >= 0.6 is 15.9 Å². The summed E-state index contributed by atoms with van der Waals surface area (Å²) in [6, 6.07) is 9.93. The number of benzene rings is 1. The highest BCUT2D eigenvalue weighted by atomic mass is 79.9. The van der Waals surface area contributed by atoms with Gasteiger partial charge in [0, 0.05) is 25.5 Å². The third-order valence-corrected chi connectivity index (χ3v) is 4.06. The van der Waals surface area contributed by atoms with Gasteiger partial charge >= 0.3 is 0 Å². The summed E-state index contributed by atoms with van der Waals surface area (Å²) in [4.78, 5) is 12.2. The first-order valence-electron chi connectivity index (χ1n) is 7.11. The topological polar surface area (TPSA) is 64.7 Å². The Morgan fingerprint density at radius 1 is 1.26 bits per heavy atom. The summed E-state index contributed by atoms with van der Waals surface area (Å²) in [7, 11) is 1.76. The van der Waals surface area contributed by atoms with Crippen LogP contribution in [-0.2, 0) is 13.6 Å². The van der Waals surface area contributed by atoms with E-state index in [0.717, 1.165) is 0 Å². The maximum absolute atomic E-state index is 12.2. The number of carbonyl (C=O) groups is 1. The van der Waals surface area contributed by atoms with Crippen molar-refractivity contribution in [1.29, 1.82) is 0 Å². The van der Waals surface area contributed by atoms with Crippen molar-refractivity contribution in [1.82, 2.24) is 19.6 Å². The van der Waals surface area contributed by atoms with Crippen LogP contribution in [-0.4, -0.2) is 25.5 Å². The molecule has 0 aliphatic rings. The molecule has 118 valence electrons. The smallest absolute Gasteiger partial charge is 0.278 e. The van der Waals surface area contributed by atoms with Crippen LogP contribution in [0.2, 0.25) is 0 Å². The maximum atomic E-state index is 12.2. The third kappa shape index (κ3) is 3.50. The maximum Gasteiger partial charge on any atom is 0.278 e. The molecule has 23 heavy (non-hydrogen) atoms. The lowest BCUT2D eigenvalue weighted by Crippen LogP contribution is -2.14. The van der Waals surface area contributed by atoms with Crippen molar-refractivity contribution in [3.05, 3.63) is 64.0 Å². The van der Waals surface area contributed by atoms with E-state index in [2.05, 4.69) is 50.5 Å². The number of carbonyl (C=O) groups excluding carboxylic acids is 1. The first kappa shape index (κ1) is 15.5. The number of anilines is 1. The number of hydrogen-bond donors (Lipinski definition) is 1. The first-order chi connectivity index (χ1) is 11.0. The van der Waals surface area contributed by atoms with Crippen molar-refractivity contribution in [2.24, 2.45) is 7.05 Å². The summed E-state index contributed by atoms with van der Waals surface area (Å²) in [5.74, 6) is 0.208. The molecule has 0 aliphatic heterocycles. The molecule has 2 heterocycles. The van der Waals surface area contributed by atoms with Crippen LogP contribution < -0.4 is 5.32 Å². The van der Waals surface area contributed by atoms with Gasteiger partial charge in [-0.1, -0.05) is 24.3 Å². The van der Waals surface area contributed by atoms with Gasteiger partial charge in [0.2, 0.25) is 0 Å². The number of rotatable bonds is 4. The Hall–Kier alpha value is -2.41. The van der Waals surface area contributed by atoms with Gasteiger partial charge in [-0.05, 0) is 34.0 Å². The van der Waals surface area contributed by atoms with E-state index in [0.29, 0.717) is 22.5 Å². The van der Waals surface area contributed by atoms with Crippen molar-refractivity contribution in [2.45, 2.75) is 13.5 Å². The number of amides is 1. The van der Waals surface area contributed by atoms with E-state index in [1.54, 1.807) is 28.7 Å². The third-order valence-electron chi connectivity index (χ3n) is 3.48. The molecule has 0 atom stereocenters. The largest absolute Gasteiger partial charge is 0.304 e. The number of nitrogens with one attached hydrogen (secondary N) is 1. The molecule has 0 aliphatic carbocycles. The second-order valence-electron chi connectivity index (χ2n) is 5.28. The molecule has 2 aromatic heterocycles. The molecular weight excluding hydrogens is 358 g/mol. The van der Waals surface area contributed by atoms with Crippen LogP contribution in [0.1, 0.15) is 21.6 Å². The lowest BCUT2D eigenvalue weighted by Gasteiger charge is -2.05. The minimum absolute atomic E-state index is 0.293. The number of aryl methyl sites for hydroxylation is 2. The van der Waals surface area contributed by atoms with Gasteiger partial charge in [0.25, 0.3) is 5.91 Å². The summed E-state index contributed by atoms with van der Waals surface area (Å²) in [5, 5.41) is 11.3. The van der Waals surface area contributed by atoms with Gasteiger partial charge in [-0.3, -0.25) is 14.2 Å². The van der Waals surface area contributed by atoms with Gasteiger partial charge in [-0.25, -0.2) is 0 Å². The molecule has 7 heteroatoms. The van der Waals surface area contributed by atoms with E-state index < -0.39 is 0 Å². The Morgan fingerprint density at radius 3 is 2.74 bits per heavy atom. The molecule has 6 nitrogen and oxygen atoms in total. The number of halogens is 1. The van der Waals surface area contributed by atoms with Crippen LogP contribution in [0.3, 0.4) is 0 Å². The van der Waals surface area contributed by atoms with E-state index in [-0.39, 0.29) is 5.91 Å². The van der Waals surface area contributed by atoms with Crippen LogP contribution in [0, 0.1) is 6.92 Å². The molecule has 0 radical (unpaired) electrons. The Balaban J connectivity index is 1.71. The zero-order valence-corrected chi connectivity index (χ0v) is 14.4. The molecule has 0 fully saturated rings. The minimum atomic E-state index is -0.293. The quantitative estimate of drug-likeness (QED) is 0.764. The van der Waals surface area contributed by atoms with Gasteiger partial charge in [-0.2, -0.15) is 10.2 Å². The van der Waals surface area contributed by atoms with Crippen molar-refractivity contribution in [3.8, 4) is 0 Å². The van der Waals surface area contributed by atoms with Crippen LogP contribution in [0.5, 0.6) is 0 Å². The van der Waals surface area contributed by atoms with Crippen molar-refractivity contribution >= 4 is 27.7 Å². The van der Waals surface area contributed by atoms with E-state index in [1.807, 2.05) is 18.3 Å². The average molecular weight is 374 g/mol. The van der Waals surface area contributed by atoms with Crippen molar-refractivity contribution in [3.63, 3.8) is 0 Å². The lowest BCUT2D eigenvalue weighted by molar-refractivity contribution is 0.102. The average Bonchev–Trinajstić information content (AvgIpc) is 3.07. The summed E-state index contributed by atoms with van der Waals surface area (Å²) in [6.07, 6.45) is 3.57.